The van der Waals surface area contributed by atoms with Crippen LogP contribution < -0.4 is 10.6 Å². The van der Waals surface area contributed by atoms with E-state index in [2.05, 4.69) is 27.7 Å². The van der Waals surface area contributed by atoms with Crippen LogP contribution in [-0.2, 0) is 5.41 Å². The quantitative estimate of drug-likeness (QED) is 0.856. The van der Waals surface area contributed by atoms with E-state index in [0.717, 1.165) is 19.4 Å². The lowest BCUT2D eigenvalue weighted by Gasteiger charge is -2.30. The van der Waals surface area contributed by atoms with Crippen LogP contribution in [0, 0.1) is 0 Å². The zero-order valence-electron chi connectivity index (χ0n) is 15.7. The van der Waals surface area contributed by atoms with Gasteiger partial charge in [0.15, 0.2) is 5.82 Å². The molecule has 2 atom stereocenters. The first-order chi connectivity index (χ1) is 11.9. The van der Waals surface area contributed by atoms with E-state index < -0.39 is 0 Å². The van der Waals surface area contributed by atoms with Gasteiger partial charge in [0.1, 0.15) is 0 Å². The summed E-state index contributed by atoms with van der Waals surface area (Å²) in [6.45, 7) is 9.18. The zero-order valence-corrected chi connectivity index (χ0v) is 16.5. The van der Waals surface area contributed by atoms with E-state index in [9.17, 15) is 4.79 Å². The van der Waals surface area contributed by atoms with E-state index >= 15 is 0 Å². The maximum absolute atomic E-state index is 12.8. The molecule has 0 radical (unpaired) electrons. The van der Waals surface area contributed by atoms with E-state index in [0.29, 0.717) is 22.8 Å². The third-order valence-electron chi connectivity index (χ3n) is 4.58. The van der Waals surface area contributed by atoms with Crippen molar-refractivity contribution >= 4 is 18.3 Å². The highest BCUT2D eigenvalue weighted by atomic mass is 35.5. The van der Waals surface area contributed by atoms with E-state index in [1.807, 2.05) is 39.0 Å². The minimum Gasteiger partial charge on any atom is -0.348 e. The van der Waals surface area contributed by atoms with Gasteiger partial charge < -0.3 is 15.2 Å². The second-order valence-corrected chi connectivity index (χ2v) is 7.68. The van der Waals surface area contributed by atoms with E-state index in [1.54, 1.807) is 6.07 Å². The fourth-order valence-electron chi connectivity index (χ4n) is 2.99. The summed E-state index contributed by atoms with van der Waals surface area (Å²) in [6.07, 6.45) is 2.05. The fraction of sp³-hybridized carbons (Fsp3) is 0.526. The Balaban J connectivity index is 0.00000243. The lowest BCUT2D eigenvalue weighted by atomic mass is 9.96. The second kappa shape index (κ2) is 8.18. The number of hydrogen-bond acceptors (Lipinski definition) is 5. The first-order valence-corrected chi connectivity index (χ1v) is 8.84. The number of rotatable bonds is 3. The SMILES string of the molecule is CC1NCCCC1NC(=O)c1ccccc1-c1nc(C(C)(C)C)no1.Cl. The summed E-state index contributed by atoms with van der Waals surface area (Å²) in [5, 5.41) is 10.6. The van der Waals surface area contributed by atoms with Crippen molar-refractivity contribution in [3.8, 4) is 11.5 Å². The smallest absolute Gasteiger partial charge is 0.258 e. The van der Waals surface area contributed by atoms with Crippen LogP contribution in [-0.4, -0.2) is 34.7 Å². The van der Waals surface area contributed by atoms with Crippen molar-refractivity contribution in [3.63, 3.8) is 0 Å². The molecule has 2 N–H and O–H groups in total. The van der Waals surface area contributed by atoms with Crippen LogP contribution in [0.5, 0.6) is 0 Å². The predicted octanol–water partition coefficient (Wildman–Crippen LogP) is 3.33. The number of nitrogens with one attached hydrogen (secondary N) is 2. The number of aromatic nitrogens is 2. The van der Waals surface area contributed by atoms with Gasteiger partial charge in [-0.2, -0.15) is 4.98 Å². The van der Waals surface area contributed by atoms with Gasteiger partial charge in [0.25, 0.3) is 11.8 Å². The van der Waals surface area contributed by atoms with Gasteiger partial charge in [0.05, 0.1) is 11.1 Å². The predicted molar refractivity (Wildman–Crippen MR) is 104 cm³/mol. The molecule has 142 valence electrons. The average molecular weight is 379 g/mol. The van der Waals surface area contributed by atoms with E-state index in [1.165, 1.54) is 0 Å². The maximum atomic E-state index is 12.8. The summed E-state index contributed by atoms with van der Waals surface area (Å²) >= 11 is 0. The molecule has 1 aliphatic rings. The molecule has 6 nitrogen and oxygen atoms in total. The first kappa shape index (κ1) is 20.4. The molecule has 0 bridgehead atoms. The van der Waals surface area contributed by atoms with Crippen LogP contribution in [0.15, 0.2) is 28.8 Å². The summed E-state index contributed by atoms with van der Waals surface area (Å²) < 4.78 is 5.43. The van der Waals surface area contributed by atoms with Gasteiger partial charge in [0, 0.05) is 17.5 Å². The van der Waals surface area contributed by atoms with Crippen molar-refractivity contribution in [1.29, 1.82) is 0 Å². The fourth-order valence-corrected chi connectivity index (χ4v) is 2.99. The Kier molecular flexibility index (Phi) is 6.42. The number of nitrogens with zero attached hydrogens (tertiary/aromatic N) is 2. The number of carbonyl (C=O) groups excluding carboxylic acids is 1. The van der Waals surface area contributed by atoms with Crippen molar-refractivity contribution in [2.45, 2.75) is 58.0 Å². The Bertz CT molecular complexity index is 754. The molecule has 1 aliphatic heterocycles. The van der Waals surface area contributed by atoms with Crippen LogP contribution in [0.1, 0.15) is 56.7 Å². The van der Waals surface area contributed by atoms with Crippen LogP contribution in [0.3, 0.4) is 0 Å². The highest BCUT2D eigenvalue weighted by Gasteiger charge is 2.26. The molecular weight excluding hydrogens is 352 g/mol. The summed E-state index contributed by atoms with van der Waals surface area (Å²) in [5.41, 5.74) is 1.02. The molecule has 3 rings (SSSR count). The maximum Gasteiger partial charge on any atom is 0.258 e. The van der Waals surface area contributed by atoms with Crippen molar-refractivity contribution < 1.29 is 9.32 Å². The second-order valence-electron chi connectivity index (χ2n) is 7.68. The topological polar surface area (TPSA) is 80.0 Å². The highest BCUT2D eigenvalue weighted by molar-refractivity contribution is 6.00. The van der Waals surface area contributed by atoms with Crippen LogP contribution >= 0.6 is 12.4 Å². The molecule has 1 amide bonds. The van der Waals surface area contributed by atoms with Gasteiger partial charge in [-0.05, 0) is 38.4 Å². The van der Waals surface area contributed by atoms with Crippen LogP contribution in [0.2, 0.25) is 0 Å². The monoisotopic (exact) mass is 378 g/mol. The number of halogens is 1. The molecule has 0 saturated carbocycles. The first-order valence-electron chi connectivity index (χ1n) is 8.84. The highest BCUT2D eigenvalue weighted by Crippen LogP contribution is 2.26. The molecule has 7 heteroatoms. The third kappa shape index (κ3) is 4.43. The lowest BCUT2D eigenvalue weighted by molar-refractivity contribution is 0.0920. The molecule has 2 unspecified atom stereocenters. The normalized spacial score (nSPS) is 20.3. The number of amides is 1. The molecular formula is C19H27ClN4O2. The largest absolute Gasteiger partial charge is 0.348 e. The van der Waals surface area contributed by atoms with Gasteiger partial charge in [-0.1, -0.05) is 38.1 Å². The standard InChI is InChI=1S/C19H26N4O2.ClH/c1-12-15(10-7-11-20-12)21-16(24)13-8-5-6-9-14(13)17-22-18(23-25-17)19(2,3)4;/h5-6,8-9,12,15,20H,7,10-11H2,1-4H3,(H,21,24);1H. The third-order valence-corrected chi connectivity index (χ3v) is 4.58. The van der Waals surface area contributed by atoms with E-state index in [4.69, 9.17) is 4.52 Å². The Labute approximate surface area is 160 Å². The summed E-state index contributed by atoms with van der Waals surface area (Å²) in [5.74, 6) is 0.903. The van der Waals surface area contributed by atoms with Crippen LogP contribution in [0.25, 0.3) is 11.5 Å². The number of piperidine rings is 1. The minimum absolute atomic E-state index is 0. The van der Waals surface area contributed by atoms with Gasteiger partial charge in [-0.15, -0.1) is 12.4 Å². The molecule has 0 aliphatic carbocycles. The van der Waals surface area contributed by atoms with Crippen LogP contribution in [0.4, 0.5) is 0 Å². The Morgan fingerprint density at radius 3 is 2.69 bits per heavy atom. The van der Waals surface area contributed by atoms with Gasteiger partial charge in [-0.25, -0.2) is 0 Å². The Morgan fingerprint density at radius 1 is 1.31 bits per heavy atom. The van der Waals surface area contributed by atoms with E-state index in [-0.39, 0.29) is 35.8 Å². The summed E-state index contributed by atoms with van der Waals surface area (Å²) in [6, 6.07) is 7.76. The Morgan fingerprint density at radius 2 is 2.04 bits per heavy atom. The minimum atomic E-state index is -0.206. The summed E-state index contributed by atoms with van der Waals surface area (Å²) in [4.78, 5) is 17.3. The van der Waals surface area contributed by atoms with Crippen molar-refractivity contribution in [2.75, 3.05) is 6.54 Å². The molecule has 2 heterocycles. The van der Waals surface area contributed by atoms with Crippen molar-refractivity contribution in [2.24, 2.45) is 0 Å². The van der Waals surface area contributed by atoms with Gasteiger partial charge >= 0.3 is 0 Å². The van der Waals surface area contributed by atoms with Gasteiger partial charge in [-0.3, -0.25) is 4.79 Å². The van der Waals surface area contributed by atoms with Crippen molar-refractivity contribution in [3.05, 3.63) is 35.7 Å². The molecule has 2 aromatic rings. The average Bonchev–Trinajstić information content (AvgIpc) is 3.07. The molecule has 1 saturated heterocycles. The molecule has 1 aromatic carbocycles. The number of carbonyl (C=O) groups is 1. The zero-order chi connectivity index (χ0) is 18.0. The van der Waals surface area contributed by atoms with Gasteiger partial charge in [0.2, 0.25) is 0 Å². The number of benzene rings is 1. The molecule has 0 spiro atoms. The summed E-state index contributed by atoms with van der Waals surface area (Å²) in [7, 11) is 0. The Hall–Kier alpha value is -1.92. The molecule has 1 aromatic heterocycles. The molecule has 26 heavy (non-hydrogen) atoms. The van der Waals surface area contributed by atoms with Crippen molar-refractivity contribution in [1.82, 2.24) is 20.8 Å². The molecule has 1 fully saturated rings. The lowest BCUT2D eigenvalue weighted by Crippen LogP contribution is -2.51. The number of hydrogen-bond donors (Lipinski definition) is 2.